The van der Waals surface area contributed by atoms with Crippen molar-refractivity contribution in [2.45, 2.75) is 12.7 Å². The van der Waals surface area contributed by atoms with E-state index < -0.39 is 22.8 Å². The number of nitrogens with zero attached hydrogens (tertiary/aromatic N) is 5. The molecule has 0 aliphatic heterocycles. The molecule has 40 heavy (non-hydrogen) atoms. The average molecular weight is 546 g/mol. The summed E-state index contributed by atoms with van der Waals surface area (Å²) in [5, 5.41) is 14.3. The summed E-state index contributed by atoms with van der Waals surface area (Å²) in [6.07, 6.45) is -4.84. The number of fused-ring (bicyclic) bond motifs is 2. The fourth-order valence-corrected chi connectivity index (χ4v) is 4.75. The molecule has 0 saturated carbocycles. The van der Waals surface area contributed by atoms with Gasteiger partial charge < -0.3 is 15.2 Å². The Labute approximate surface area is 224 Å². The molecule has 0 radical (unpaired) electrons. The SMILES string of the molecule is CN(C)Cc1ccccc1-c1ccc(-c2n[nH]c3c(C(F)(F)F)nn(-c4ccc5onc(N)c5c4)c3c2=O)cc1. The molecular formula is C28H22F3N7O2. The number of alkyl halides is 3. The minimum atomic E-state index is -4.84. The maximum absolute atomic E-state index is 13.9. The number of hydrogen-bond acceptors (Lipinski definition) is 7. The Hall–Kier alpha value is -4.97. The van der Waals surface area contributed by atoms with Crippen molar-refractivity contribution in [3.05, 3.63) is 88.2 Å². The summed E-state index contributed by atoms with van der Waals surface area (Å²) in [4.78, 5) is 15.8. The van der Waals surface area contributed by atoms with Crippen LogP contribution in [-0.4, -0.2) is 44.1 Å². The molecule has 0 amide bonds. The standard InChI is InChI=1S/C28H22F3N7O2/c1-37(2)14-17-5-3-4-6-19(17)15-7-9-16(10-8-15)22-25(39)24-23(34-33-22)26(28(29,30)31)35-38(24)18-11-12-21-20(13-18)27(32)36-40-21/h3-13H,14H2,1-2H3,(H2,32,36)(H,34,39). The van der Waals surface area contributed by atoms with Gasteiger partial charge in [-0.1, -0.05) is 53.7 Å². The van der Waals surface area contributed by atoms with E-state index in [0.717, 1.165) is 27.9 Å². The van der Waals surface area contributed by atoms with Crippen molar-refractivity contribution >= 4 is 27.8 Å². The molecular weight excluding hydrogens is 523 g/mol. The van der Waals surface area contributed by atoms with E-state index in [1.807, 2.05) is 50.5 Å². The molecule has 0 saturated heterocycles. The van der Waals surface area contributed by atoms with Crippen LogP contribution in [-0.2, 0) is 12.7 Å². The maximum Gasteiger partial charge on any atom is 0.437 e. The van der Waals surface area contributed by atoms with Crippen molar-refractivity contribution in [2.24, 2.45) is 0 Å². The first-order valence-electron chi connectivity index (χ1n) is 12.2. The zero-order valence-corrected chi connectivity index (χ0v) is 21.3. The van der Waals surface area contributed by atoms with Gasteiger partial charge >= 0.3 is 6.18 Å². The first-order chi connectivity index (χ1) is 19.1. The molecule has 3 N–H and O–H groups in total. The number of rotatable bonds is 5. The largest absolute Gasteiger partial charge is 0.437 e. The fraction of sp³-hybridized carbons (Fsp3) is 0.143. The van der Waals surface area contributed by atoms with Crippen LogP contribution in [0.25, 0.3) is 50.1 Å². The van der Waals surface area contributed by atoms with Crippen LogP contribution in [0.4, 0.5) is 19.0 Å². The molecule has 0 aliphatic carbocycles. The molecule has 0 unspecified atom stereocenters. The molecule has 0 bridgehead atoms. The highest BCUT2D eigenvalue weighted by Gasteiger charge is 2.39. The Balaban J connectivity index is 1.49. The van der Waals surface area contributed by atoms with Crippen LogP contribution in [0.1, 0.15) is 11.3 Å². The molecule has 0 aliphatic rings. The second kappa shape index (κ2) is 9.35. The summed E-state index contributed by atoms with van der Waals surface area (Å²) >= 11 is 0. The number of hydrogen-bond donors (Lipinski definition) is 2. The molecule has 0 fully saturated rings. The number of nitrogens with one attached hydrogen (secondary N) is 1. The first-order valence-corrected chi connectivity index (χ1v) is 12.2. The van der Waals surface area contributed by atoms with Gasteiger partial charge in [0.25, 0.3) is 0 Å². The van der Waals surface area contributed by atoms with E-state index in [-0.39, 0.29) is 22.7 Å². The van der Waals surface area contributed by atoms with Crippen LogP contribution in [0.5, 0.6) is 0 Å². The maximum atomic E-state index is 13.9. The molecule has 12 heteroatoms. The van der Waals surface area contributed by atoms with E-state index in [1.54, 1.807) is 12.1 Å². The molecule has 202 valence electrons. The lowest BCUT2D eigenvalue weighted by Gasteiger charge is -2.14. The summed E-state index contributed by atoms with van der Waals surface area (Å²) in [7, 11) is 3.98. The number of halogens is 3. The lowest BCUT2D eigenvalue weighted by Crippen LogP contribution is -2.13. The quantitative estimate of drug-likeness (QED) is 0.304. The van der Waals surface area contributed by atoms with E-state index in [4.69, 9.17) is 10.3 Å². The summed E-state index contributed by atoms with van der Waals surface area (Å²) in [6, 6.07) is 19.6. The van der Waals surface area contributed by atoms with E-state index in [0.29, 0.717) is 16.5 Å². The van der Waals surface area contributed by atoms with Crippen LogP contribution in [0.2, 0.25) is 0 Å². The minimum absolute atomic E-state index is 0.0407. The number of nitrogen functional groups attached to an aromatic ring is 1. The Morgan fingerprint density at radius 1 is 1.02 bits per heavy atom. The monoisotopic (exact) mass is 545 g/mol. The molecule has 0 spiro atoms. The molecule has 3 aromatic carbocycles. The van der Waals surface area contributed by atoms with Crippen LogP contribution in [0, 0.1) is 0 Å². The Morgan fingerprint density at radius 2 is 1.75 bits per heavy atom. The second-order valence-electron chi connectivity index (χ2n) is 9.60. The number of H-pyrrole nitrogens is 1. The summed E-state index contributed by atoms with van der Waals surface area (Å²) in [6.45, 7) is 0.744. The predicted octanol–water partition coefficient (Wildman–Crippen LogP) is 5.25. The Bertz CT molecular complexity index is 1940. The van der Waals surface area contributed by atoms with Gasteiger partial charge in [0.15, 0.2) is 17.1 Å². The molecule has 0 atom stereocenters. The van der Waals surface area contributed by atoms with Gasteiger partial charge in [0.05, 0.1) is 11.1 Å². The predicted molar refractivity (Wildman–Crippen MR) is 145 cm³/mol. The van der Waals surface area contributed by atoms with E-state index >= 15 is 0 Å². The van der Waals surface area contributed by atoms with Crippen LogP contribution in [0.15, 0.2) is 76.0 Å². The molecule has 9 nitrogen and oxygen atoms in total. The van der Waals surface area contributed by atoms with Gasteiger partial charge in [-0.3, -0.25) is 9.89 Å². The van der Waals surface area contributed by atoms with Crippen LogP contribution in [0.3, 0.4) is 0 Å². The normalized spacial score (nSPS) is 12.2. The number of benzene rings is 3. The number of anilines is 1. The zero-order chi connectivity index (χ0) is 28.2. The topological polar surface area (TPSA) is 119 Å². The van der Waals surface area contributed by atoms with Crippen molar-refractivity contribution in [2.75, 3.05) is 19.8 Å². The van der Waals surface area contributed by atoms with Crippen molar-refractivity contribution in [3.8, 4) is 28.1 Å². The number of aromatic amines is 1. The third-order valence-corrected chi connectivity index (χ3v) is 6.56. The van der Waals surface area contributed by atoms with Crippen molar-refractivity contribution < 1.29 is 17.7 Å². The van der Waals surface area contributed by atoms with E-state index in [9.17, 15) is 18.0 Å². The van der Waals surface area contributed by atoms with E-state index in [2.05, 4.69) is 25.4 Å². The van der Waals surface area contributed by atoms with Crippen molar-refractivity contribution in [3.63, 3.8) is 0 Å². The first kappa shape index (κ1) is 25.3. The van der Waals surface area contributed by atoms with Gasteiger partial charge in [0.1, 0.15) is 16.7 Å². The third kappa shape index (κ3) is 4.28. The van der Waals surface area contributed by atoms with Gasteiger partial charge in [-0.2, -0.15) is 23.4 Å². The summed E-state index contributed by atoms with van der Waals surface area (Å²) in [5.74, 6) is 0.0628. The molecule has 3 aromatic heterocycles. The highest BCUT2D eigenvalue weighted by atomic mass is 19.4. The van der Waals surface area contributed by atoms with Gasteiger partial charge in [0.2, 0.25) is 5.43 Å². The minimum Gasteiger partial charge on any atom is -0.380 e. The highest BCUT2D eigenvalue weighted by molar-refractivity contribution is 5.90. The molecule has 3 heterocycles. The second-order valence-corrected chi connectivity index (χ2v) is 9.60. The smallest absolute Gasteiger partial charge is 0.380 e. The molecule has 6 rings (SSSR count). The van der Waals surface area contributed by atoms with E-state index in [1.165, 1.54) is 18.2 Å². The lowest BCUT2D eigenvalue weighted by molar-refractivity contribution is -0.140. The highest BCUT2D eigenvalue weighted by Crippen LogP contribution is 2.34. The van der Waals surface area contributed by atoms with Gasteiger partial charge in [-0.25, -0.2) is 4.68 Å². The van der Waals surface area contributed by atoms with Crippen LogP contribution < -0.4 is 11.2 Å². The zero-order valence-electron chi connectivity index (χ0n) is 21.3. The average Bonchev–Trinajstić information content (AvgIpc) is 3.50. The van der Waals surface area contributed by atoms with Gasteiger partial charge in [-0.05, 0) is 49.0 Å². The Morgan fingerprint density at radius 3 is 2.48 bits per heavy atom. The summed E-state index contributed by atoms with van der Waals surface area (Å²) < 4.78 is 47.8. The van der Waals surface area contributed by atoms with Crippen LogP contribution >= 0.6 is 0 Å². The Kier molecular flexibility index (Phi) is 5.91. The summed E-state index contributed by atoms with van der Waals surface area (Å²) in [5.41, 5.74) is 7.07. The third-order valence-electron chi connectivity index (χ3n) is 6.56. The van der Waals surface area contributed by atoms with Gasteiger partial charge in [-0.15, -0.1) is 0 Å². The molecule has 6 aromatic rings. The number of aromatic nitrogens is 5. The van der Waals surface area contributed by atoms with Gasteiger partial charge in [0, 0.05) is 12.1 Å². The lowest BCUT2D eigenvalue weighted by atomic mass is 9.98. The van der Waals surface area contributed by atoms with Crippen molar-refractivity contribution in [1.82, 2.24) is 30.0 Å². The number of nitrogens with two attached hydrogens (primary N) is 1. The fourth-order valence-electron chi connectivity index (χ4n) is 4.75. The van der Waals surface area contributed by atoms with Crippen molar-refractivity contribution in [1.29, 1.82) is 0 Å².